The van der Waals surface area contributed by atoms with E-state index in [-0.39, 0.29) is 11.7 Å². The first-order valence-corrected chi connectivity index (χ1v) is 6.19. The number of benzene rings is 1. The Bertz CT molecular complexity index is 456. The molecule has 0 unspecified atom stereocenters. The molecule has 4 heteroatoms. The van der Waals surface area contributed by atoms with Crippen molar-refractivity contribution in [2.24, 2.45) is 0 Å². The van der Waals surface area contributed by atoms with Crippen LogP contribution in [0.4, 0.5) is 5.69 Å². The molecule has 1 aliphatic rings. The van der Waals surface area contributed by atoms with Crippen molar-refractivity contribution in [2.75, 3.05) is 18.1 Å². The van der Waals surface area contributed by atoms with E-state index < -0.39 is 0 Å². The van der Waals surface area contributed by atoms with Crippen LogP contribution in [0.5, 0.6) is 5.75 Å². The molecule has 96 valence electrons. The zero-order valence-corrected chi connectivity index (χ0v) is 10.5. The highest BCUT2D eigenvalue weighted by Gasteiger charge is 2.21. The minimum atomic E-state index is 0.112. The lowest BCUT2D eigenvalue weighted by atomic mass is 10.2. The van der Waals surface area contributed by atoms with Crippen molar-refractivity contribution < 1.29 is 14.3 Å². The summed E-state index contributed by atoms with van der Waals surface area (Å²) in [5.41, 5.74) is 0.873. The Morgan fingerprint density at radius 3 is 2.94 bits per heavy atom. The van der Waals surface area contributed by atoms with E-state index in [2.05, 4.69) is 0 Å². The molecule has 18 heavy (non-hydrogen) atoms. The van der Waals surface area contributed by atoms with Gasteiger partial charge in [-0.1, -0.05) is 6.07 Å². The van der Waals surface area contributed by atoms with Crippen LogP contribution in [0.1, 0.15) is 26.2 Å². The molecule has 4 nitrogen and oxygen atoms in total. The Hall–Kier alpha value is -1.84. The van der Waals surface area contributed by atoms with Gasteiger partial charge in [0.1, 0.15) is 11.5 Å². The van der Waals surface area contributed by atoms with E-state index in [4.69, 9.17) is 4.74 Å². The van der Waals surface area contributed by atoms with Crippen molar-refractivity contribution in [3.05, 3.63) is 24.3 Å². The second-order valence-corrected chi connectivity index (χ2v) is 4.45. The average molecular weight is 247 g/mol. The van der Waals surface area contributed by atoms with Crippen molar-refractivity contribution in [1.82, 2.24) is 0 Å². The highest BCUT2D eigenvalue weighted by atomic mass is 16.5. The summed E-state index contributed by atoms with van der Waals surface area (Å²) in [5.74, 6) is 0.977. The van der Waals surface area contributed by atoms with Gasteiger partial charge in [-0.3, -0.25) is 9.59 Å². The predicted octanol–water partition coefficient (Wildman–Crippen LogP) is 2.17. The molecule has 1 aromatic rings. The largest absolute Gasteiger partial charge is 0.493 e. The fraction of sp³-hybridized carbons (Fsp3) is 0.429. The third kappa shape index (κ3) is 3.09. The second kappa shape index (κ2) is 5.67. The van der Waals surface area contributed by atoms with E-state index in [1.165, 1.54) is 0 Å². The Kier molecular flexibility index (Phi) is 3.97. The minimum absolute atomic E-state index is 0.112. The normalized spacial score (nSPS) is 14.9. The molecular formula is C14H17NO3. The highest BCUT2D eigenvalue weighted by Crippen LogP contribution is 2.25. The fourth-order valence-corrected chi connectivity index (χ4v) is 1.97. The Morgan fingerprint density at radius 1 is 1.44 bits per heavy atom. The summed E-state index contributed by atoms with van der Waals surface area (Å²) in [5, 5.41) is 0. The maximum atomic E-state index is 11.6. The number of anilines is 1. The van der Waals surface area contributed by atoms with Gasteiger partial charge in [0.25, 0.3) is 0 Å². The van der Waals surface area contributed by atoms with Crippen LogP contribution in [-0.2, 0) is 9.59 Å². The summed E-state index contributed by atoms with van der Waals surface area (Å²) < 4.78 is 5.49. The van der Waals surface area contributed by atoms with E-state index in [0.29, 0.717) is 25.2 Å². The van der Waals surface area contributed by atoms with Crippen LogP contribution in [0, 0.1) is 0 Å². The van der Waals surface area contributed by atoms with E-state index in [9.17, 15) is 9.59 Å². The number of carbonyl (C=O) groups is 2. The van der Waals surface area contributed by atoms with Crippen molar-refractivity contribution in [3.8, 4) is 5.75 Å². The van der Waals surface area contributed by atoms with Gasteiger partial charge >= 0.3 is 0 Å². The molecular weight excluding hydrogens is 230 g/mol. The molecule has 1 heterocycles. The van der Waals surface area contributed by atoms with Crippen LogP contribution >= 0.6 is 0 Å². The summed E-state index contributed by atoms with van der Waals surface area (Å²) in [6.45, 7) is 2.70. The standard InChI is InChI=1S/C14H17NO3/c1-11(16)7-9-18-13-5-2-4-12(10-13)15-8-3-6-14(15)17/h2,4-5,10H,3,6-9H2,1H3. The van der Waals surface area contributed by atoms with Crippen molar-refractivity contribution >= 4 is 17.4 Å². The first kappa shape index (κ1) is 12.6. The van der Waals surface area contributed by atoms with Gasteiger partial charge in [-0.05, 0) is 25.5 Å². The molecule has 0 aromatic heterocycles. The lowest BCUT2D eigenvalue weighted by Gasteiger charge is -2.16. The lowest BCUT2D eigenvalue weighted by molar-refractivity contribution is -0.118. The summed E-state index contributed by atoms with van der Waals surface area (Å²) in [7, 11) is 0. The van der Waals surface area contributed by atoms with Crippen LogP contribution < -0.4 is 9.64 Å². The zero-order valence-electron chi connectivity index (χ0n) is 10.5. The summed E-state index contributed by atoms with van der Waals surface area (Å²) in [6, 6.07) is 7.46. The molecule has 0 radical (unpaired) electrons. The molecule has 1 fully saturated rings. The molecule has 0 bridgehead atoms. The van der Waals surface area contributed by atoms with Gasteiger partial charge in [0, 0.05) is 31.1 Å². The second-order valence-electron chi connectivity index (χ2n) is 4.45. The monoisotopic (exact) mass is 247 g/mol. The topological polar surface area (TPSA) is 46.6 Å². The van der Waals surface area contributed by atoms with Gasteiger partial charge in [-0.2, -0.15) is 0 Å². The average Bonchev–Trinajstić information content (AvgIpc) is 2.75. The molecule has 0 N–H and O–H groups in total. The van der Waals surface area contributed by atoms with Crippen LogP contribution in [0.3, 0.4) is 0 Å². The molecule has 1 amide bonds. The Balaban J connectivity index is 2.00. The van der Waals surface area contributed by atoms with Gasteiger partial charge in [-0.25, -0.2) is 0 Å². The van der Waals surface area contributed by atoms with Crippen molar-refractivity contribution in [1.29, 1.82) is 0 Å². The van der Waals surface area contributed by atoms with Gasteiger partial charge < -0.3 is 9.64 Å². The number of carbonyl (C=O) groups excluding carboxylic acids is 2. The third-order valence-corrected chi connectivity index (χ3v) is 2.93. The number of ether oxygens (including phenoxy) is 1. The molecule has 1 aromatic carbocycles. The number of rotatable bonds is 5. The first-order valence-electron chi connectivity index (χ1n) is 6.19. The number of Topliss-reactive ketones (excluding diaryl/α,β-unsaturated/α-hetero) is 1. The fourth-order valence-electron chi connectivity index (χ4n) is 1.97. The molecule has 1 saturated heterocycles. The summed E-state index contributed by atoms with van der Waals surface area (Å²) in [6.07, 6.45) is 1.94. The maximum Gasteiger partial charge on any atom is 0.227 e. The summed E-state index contributed by atoms with van der Waals surface area (Å²) >= 11 is 0. The molecule has 0 aliphatic carbocycles. The van der Waals surface area contributed by atoms with Crippen molar-refractivity contribution in [3.63, 3.8) is 0 Å². The number of hydrogen-bond donors (Lipinski definition) is 0. The quantitative estimate of drug-likeness (QED) is 0.801. The van der Waals surface area contributed by atoms with E-state index >= 15 is 0 Å². The van der Waals surface area contributed by atoms with Crippen LogP contribution in [0.25, 0.3) is 0 Å². The number of hydrogen-bond acceptors (Lipinski definition) is 3. The number of ketones is 1. The van der Waals surface area contributed by atoms with E-state index in [0.717, 1.165) is 18.7 Å². The summed E-state index contributed by atoms with van der Waals surface area (Å²) in [4.78, 5) is 24.2. The number of amides is 1. The van der Waals surface area contributed by atoms with Crippen LogP contribution in [0.15, 0.2) is 24.3 Å². The van der Waals surface area contributed by atoms with Gasteiger partial charge in [0.05, 0.1) is 6.61 Å². The molecule has 1 aliphatic heterocycles. The highest BCUT2D eigenvalue weighted by molar-refractivity contribution is 5.95. The van der Waals surface area contributed by atoms with Crippen molar-refractivity contribution in [2.45, 2.75) is 26.2 Å². The van der Waals surface area contributed by atoms with Gasteiger partial charge in [0.2, 0.25) is 5.91 Å². The van der Waals surface area contributed by atoms with Gasteiger partial charge in [0.15, 0.2) is 0 Å². The van der Waals surface area contributed by atoms with E-state index in [1.54, 1.807) is 11.8 Å². The van der Waals surface area contributed by atoms with Crippen LogP contribution in [-0.4, -0.2) is 24.8 Å². The Morgan fingerprint density at radius 2 is 2.28 bits per heavy atom. The molecule has 0 saturated carbocycles. The third-order valence-electron chi connectivity index (χ3n) is 2.93. The lowest BCUT2D eigenvalue weighted by Crippen LogP contribution is -2.23. The zero-order chi connectivity index (χ0) is 13.0. The smallest absolute Gasteiger partial charge is 0.227 e. The SMILES string of the molecule is CC(=O)CCOc1cccc(N2CCCC2=O)c1. The maximum absolute atomic E-state index is 11.6. The Labute approximate surface area is 107 Å². The van der Waals surface area contributed by atoms with Crippen LogP contribution in [0.2, 0.25) is 0 Å². The van der Waals surface area contributed by atoms with E-state index in [1.807, 2.05) is 24.3 Å². The molecule has 2 rings (SSSR count). The molecule has 0 spiro atoms. The van der Waals surface area contributed by atoms with Gasteiger partial charge in [-0.15, -0.1) is 0 Å². The minimum Gasteiger partial charge on any atom is -0.493 e. The number of nitrogens with zero attached hydrogens (tertiary/aromatic N) is 1. The first-order chi connectivity index (χ1) is 8.66. The predicted molar refractivity (Wildman–Crippen MR) is 68.8 cm³/mol. The molecule has 0 atom stereocenters.